The molecule has 0 unspecified atom stereocenters. The number of nitrogens with zero attached hydrogens (tertiary/aromatic N) is 1. The second-order valence-corrected chi connectivity index (χ2v) is 5.73. The molecule has 126 valence electrons. The normalized spacial score (nSPS) is 10.4. The van der Waals surface area contributed by atoms with Crippen molar-refractivity contribution in [2.24, 2.45) is 0 Å². The van der Waals surface area contributed by atoms with Gasteiger partial charge in [0.15, 0.2) is 0 Å². The van der Waals surface area contributed by atoms with Gasteiger partial charge in [0.1, 0.15) is 5.69 Å². The van der Waals surface area contributed by atoms with E-state index in [4.69, 9.17) is 0 Å². The van der Waals surface area contributed by atoms with Crippen molar-refractivity contribution in [3.63, 3.8) is 0 Å². The van der Waals surface area contributed by atoms with E-state index in [1.807, 2.05) is 60.7 Å². The molecule has 0 aliphatic carbocycles. The molecule has 5 nitrogen and oxygen atoms in total. The van der Waals surface area contributed by atoms with Crippen LogP contribution in [0.15, 0.2) is 66.7 Å². The largest absolute Gasteiger partial charge is 0.288 e. The Morgan fingerprint density at radius 1 is 0.840 bits per heavy atom. The number of aromatic nitrogens is 1. The van der Waals surface area contributed by atoms with Crippen LogP contribution in [0, 0.1) is 0 Å². The molecule has 2 N–H and O–H groups in total. The smallest absolute Gasteiger partial charge is 0.273 e. The fraction of sp³-hybridized carbons (Fsp3) is 0.150. The number of aryl methyl sites for hydroxylation is 1. The van der Waals surface area contributed by atoms with Crippen LogP contribution in [-0.4, -0.2) is 16.8 Å². The van der Waals surface area contributed by atoms with Gasteiger partial charge in [0.25, 0.3) is 5.91 Å². The Morgan fingerprint density at radius 2 is 1.60 bits per heavy atom. The SMILES string of the molecule is O=C(CCCc1ccccc1)NNC(=O)c1ccc2ccccc2n1. The molecule has 2 aromatic carbocycles. The molecule has 1 heterocycles. The van der Waals surface area contributed by atoms with Crippen LogP contribution in [0.5, 0.6) is 0 Å². The summed E-state index contributed by atoms with van der Waals surface area (Å²) in [5, 5.41) is 0.962. The minimum absolute atomic E-state index is 0.218. The molecule has 25 heavy (non-hydrogen) atoms. The van der Waals surface area contributed by atoms with Gasteiger partial charge in [-0.1, -0.05) is 54.6 Å². The Balaban J connectivity index is 1.46. The van der Waals surface area contributed by atoms with Crippen LogP contribution in [0.25, 0.3) is 10.9 Å². The molecule has 5 heteroatoms. The maximum absolute atomic E-state index is 12.1. The van der Waals surface area contributed by atoms with E-state index in [9.17, 15) is 9.59 Å². The van der Waals surface area contributed by atoms with E-state index >= 15 is 0 Å². The molecule has 0 fully saturated rings. The van der Waals surface area contributed by atoms with Crippen molar-refractivity contribution in [1.82, 2.24) is 15.8 Å². The molecule has 0 saturated heterocycles. The van der Waals surface area contributed by atoms with Gasteiger partial charge in [-0.15, -0.1) is 0 Å². The first-order chi connectivity index (χ1) is 12.2. The lowest BCUT2D eigenvalue weighted by Gasteiger charge is -2.07. The van der Waals surface area contributed by atoms with Crippen LogP contribution in [0.3, 0.4) is 0 Å². The van der Waals surface area contributed by atoms with Gasteiger partial charge in [-0.25, -0.2) is 4.98 Å². The topological polar surface area (TPSA) is 71.1 Å². The average molecular weight is 333 g/mol. The standard InChI is InChI=1S/C20H19N3O2/c24-19(12-6-9-15-7-2-1-3-8-15)22-23-20(25)18-14-13-16-10-4-5-11-17(16)21-18/h1-5,7-8,10-11,13-14H,6,9,12H2,(H,22,24)(H,23,25). The molecular weight excluding hydrogens is 314 g/mol. The number of rotatable bonds is 5. The van der Waals surface area contributed by atoms with Crippen LogP contribution in [0.1, 0.15) is 28.9 Å². The quantitative estimate of drug-likeness (QED) is 0.705. The number of pyridine rings is 1. The summed E-state index contributed by atoms with van der Waals surface area (Å²) in [5.74, 6) is -0.646. The first kappa shape index (κ1) is 16.6. The number of hydrogen-bond donors (Lipinski definition) is 2. The number of amides is 2. The Labute approximate surface area is 146 Å². The van der Waals surface area contributed by atoms with E-state index in [1.54, 1.807) is 6.07 Å². The molecule has 0 saturated carbocycles. The lowest BCUT2D eigenvalue weighted by Crippen LogP contribution is -2.41. The number of carbonyl (C=O) groups excluding carboxylic acids is 2. The zero-order valence-electron chi connectivity index (χ0n) is 13.7. The highest BCUT2D eigenvalue weighted by Gasteiger charge is 2.09. The summed E-state index contributed by atoms with van der Waals surface area (Å²) in [4.78, 5) is 28.2. The van der Waals surface area contributed by atoms with E-state index in [-0.39, 0.29) is 11.6 Å². The predicted octanol–water partition coefficient (Wildman–Crippen LogP) is 3.02. The van der Waals surface area contributed by atoms with Crippen molar-refractivity contribution in [3.8, 4) is 0 Å². The van der Waals surface area contributed by atoms with E-state index in [0.717, 1.165) is 23.7 Å². The number of para-hydroxylation sites is 1. The molecule has 2 amide bonds. The number of hydrazine groups is 1. The van der Waals surface area contributed by atoms with Crippen LogP contribution in [-0.2, 0) is 11.2 Å². The van der Waals surface area contributed by atoms with Gasteiger partial charge in [0.2, 0.25) is 5.91 Å². The molecule has 0 aliphatic heterocycles. The molecule has 1 aromatic heterocycles. The van der Waals surface area contributed by atoms with E-state index in [1.165, 1.54) is 5.56 Å². The number of fused-ring (bicyclic) bond motifs is 1. The average Bonchev–Trinajstić information content (AvgIpc) is 2.66. The highest BCUT2D eigenvalue weighted by atomic mass is 16.2. The lowest BCUT2D eigenvalue weighted by atomic mass is 10.1. The fourth-order valence-electron chi connectivity index (χ4n) is 2.54. The summed E-state index contributed by atoms with van der Waals surface area (Å²) in [6.45, 7) is 0. The van der Waals surface area contributed by atoms with Crippen LogP contribution in [0.4, 0.5) is 0 Å². The zero-order valence-corrected chi connectivity index (χ0v) is 13.7. The number of hydrogen-bond acceptors (Lipinski definition) is 3. The monoisotopic (exact) mass is 333 g/mol. The van der Waals surface area contributed by atoms with E-state index < -0.39 is 5.91 Å². The van der Waals surface area contributed by atoms with Gasteiger partial charge < -0.3 is 0 Å². The lowest BCUT2D eigenvalue weighted by molar-refractivity contribution is -0.121. The van der Waals surface area contributed by atoms with Gasteiger partial charge in [0, 0.05) is 11.8 Å². The predicted molar refractivity (Wildman–Crippen MR) is 96.7 cm³/mol. The summed E-state index contributed by atoms with van der Waals surface area (Å²) in [6.07, 6.45) is 1.90. The molecule has 3 aromatic rings. The molecule has 0 radical (unpaired) electrons. The zero-order chi connectivity index (χ0) is 17.5. The first-order valence-electron chi connectivity index (χ1n) is 8.21. The number of carbonyl (C=O) groups is 2. The summed E-state index contributed by atoms with van der Waals surface area (Å²) in [5.41, 5.74) is 7.05. The van der Waals surface area contributed by atoms with Crippen molar-refractivity contribution in [2.45, 2.75) is 19.3 Å². The Bertz CT molecular complexity index is 878. The van der Waals surface area contributed by atoms with Crippen LogP contribution in [0.2, 0.25) is 0 Å². The van der Waals surface area contributed by atoms with Crippen molar-refractivity contribution in [2.75, 3.05) is 0 Å². The molecule has 0 bridgehead atoms. The third kappa shape index (κ3) is 4.64. The molecule has 0 spiro atoms. The van der Waals surface area contributed by atoms with Crippen molar-refractivity contribution < 1.29 is 9.59 Å². The van der Waals surface area contributed by atoms with Crippen molar-refractivity contribution in [1.29, 1.82) is 0 Å². The van der Waals surface area contributed by atoms with Gasteiger partial charge in [-0.3, -0.25) is 20.4 Å². The van der Waals surface area contributed by atoms with Crippen molar-refractivity contribution >= 4 is 22.7 Å². The minimum Gasteiger partial charge on any atom is -0.273 e. The van der Waals surface area contributed by atoms with Crippen LogP contribution >= 0.6 is 0 Å². The van der Waals surface area contributed by atoms with E-state index in [0.29, 0.717) is 6.42 Å². The molecule has 0 atom stereocenters. The van der Waals surface area contributed by atoms with Crippen LogP contribution < -0.4 is 10.9 Å². The third-order valence-corrected chi connectivity index (χ3v) is 3.86. The van der Waals surface area contributed by atoms with Gasteiger partial charge in [0.05, 0.1) is 5.52 Å². The second-order valence-electron chi connectivity index (χ2n) is 5.73. The Morgan fingerprint density at radius 3 is 2.44 bits per heavy atom. The molecule has 3 rings (SSSR count). The fourth-order valence-corrected chi connectivity index (χ4v) is 2.54. The third-order valence-electron chi connectivity index (χ3n) is 3.86. The maximum Gasteiger partial charge on any atom is 0.288 e. The summed E-state index contributed by atoms with van der Waals surface area (Å²) < 4.78 is 0. The van der Waals surface area contributed by atoms with Gasteiger partial charge in [-0.2, -0.15) is 0 Å². The van der Waals surface area contributed by atoms with E-state index in [2.05, 4.69) is 15.8 Å². The summed E-state index contributed by atoms with van der Waals surface area (Å²) >= 11 is 0. The van der Waals surface area contributed by atoms with Gasteiger partial charge >= 0.3 is 0 Å². The Hall–Kier alpha value is -3.21. The molecular formula is C20H19N3O2. The highest BCUT2D eigenvalue weighted by molar-refractivity contribution is 5.95. The first-order valence-corrected chi connectivity index (χ1v) is 8.21. The minimum atomic E-state index is -0.429. The summed E-state index contributed by atoms with van der Waals surface area (Å²) in [7, 11) is 0. The maximum atomic E-state index is 12.1. The highest BCUT2D eigenvalue weighted by Crippen LogP contribution is 2.11. The summed E-state index contributed by atoms with van der Waals surface area (Å²) in [6, 6.07) is 21.0. The van der Waals surface area contributed by atoms with Crippen molar-refractivity contribution in [3.05, 3.63) is 78.0 Å². The Kier molecular flexibility index (Phi) is 5.36. The van der Waals surface area contributed by atoms with Gasteiger partial charge in [-0.05, 0) is 30.5 Å². The number of nitrogens with one attached hydrogen (secondary N) is 2. The number of benzene rings is 2. The second kappa shape index (κ2) is 8.06. The molecule has 0 aliphatic rings.